The van der Waals surface area contributed by atoms with Gasteiger partial charge in [-0.05, 0) is 30.7 Å². The highest BCUT2D eigenvalue weighted by Crippen LogP contribution is 2.16. The van der Waals surface area contributed by atoms with Gasteiger partial charge in [0, 0.05) is 4.47 Å². The average Bonchev–Trinajstić information content (AvgIpc) is 2.53. The van der Waals surface area contributed by atoms with Gasteiger partial charge in [-0.25, -0.2) is 9.18 Å². The molecule has 2 aromatic carbocycles. The van der Waals surface area contributed by atoms with Gasteiger partial charge in [0.1, 0.15) is 5.82 Å². The van der Waals surface area contributed by atoms with Crippen LogP contribution in [0, 0.1) is 5.82 Å². The summed E-state index contributed by atoms with van der Waals surface area (Å²) >= 11 is 3.10. The average molecular weight is 380 g/mol. The third kappa shape index (κ3) is 4.89. The van der Waals surface area contributed by atoms with E-state index in [4.69, 9.17) is 4.74 Å². The fraction of sp³-hybridized carbons (Fsp3) is 0.176. The molecule has 0 radical (unpaired) electrons. The van der Waals surface area contributed by atoms with Gasteiger partial charge in [-0.15, -0.1) is 0 Å². The molecule has 1 atom stereocenters. The maximum atomic E-state index is 13.6. The first-order valence-electron chi connectivity index (χ1n) is 6.94. The molecule has 4 nitrogen and oxygen atoms in total. The topological polar surface area (TPSA) is 55.4 Å². The zero-order valence-corrected chi connectivity index (χ0v) is 14.0. The molecule has 1 N–H and O–H groups in total. The Hall–Kier alpha value is -2.21. The monoisotopic (exact) mass is 379 g/mol. The second kappa shape index (κ2) is 7.87. The molecule has 0 bridgehead atoms. The van der Waals surface area contributed by atoms with Crippen LogP contribution >= 0.6 is 15.9 Å². The third-order valence-electron chi connectivity index (χ3n) is 3.16. The van der Waals surface area contributed by atoms with Gasteiger partial charge in [0.25, 0.3) is 5.91 Å². The molecule has 2 rings (SSSR count). The van der Waals surface area contributed by atoms with Crippen molar-refractivity contribution in [3.05, 3.63) is 69.9 Å². The van der Waals surface area contributed by atoms with Crippen LogP contribution in [0.15, 0.2) is 53.0 Å². The molecule has 0 unspecified atom stereocenters. The van der Waals surface area contributed by atoms with Crippen molar-refractivity contribution >= 4 is 27.8 Å². The quantitative estimate of drug-likeness (QED) is 0.807. The van der Waals surface area contributed by atoms with Crippen molar-refractivity contribution in [3.8, 4) is 0 Å². The lowest BCUT2D eigenvalue weighted by molar-refractivity contribution is -0.124. The normalized spacial score (nSPS) is 11.6. The lowest BCUT2D eigenvalue weighted by atomic mass is 10.1. The zero-order chi connectivity index (χ0) is 16.8. The van der Waals surface area contributed by atoms with Crippen LogP contribution in [0.2, 0.25) is 0 Å². The van der Waals surface area contributed by atoms with Gasteiger partial charge in [-0.2, -0.15) is 0 Å². The number of rotatable bonds is 5. The Labute approximate surface area is 141 Å². The number of esters is 1. The predicted octanol–water partition coefficient (Wildman–Crippen LogP) is 3.62. The summed E-state index contributed by atoms with van der Waals surface area (Å²) in [6.45, 7) is 1.36. The Balaban J connectivity index is 1.88. The van der Waals surface area contributed by atoms with E-state index in [1.54, 1.807) is 0 Å². The fourth-order valence-corrected chi connectivity index (χ4v) is 2.31. The molecule has 0 spiro atoms. The molecule has 0 aliphatic carbocycles. The zero-order valence-electron chi connectivity index (χ0n) is 12.4. The summed E-state index contributed by atoms with van der Waals surface area (Å²) in [5.41, 5.74) is 0.725. The van der Waals surface area contributed by atoms with Crippen molar-refractivity contribution in [2.24, 2.45) is 0 Å². The minimum Gasteiger partial charge on any atom is -0.452 e. The molecule has 23 heavy (non-hydrogen) atoms. The van der Waals surface area contributed by atoms with Crippen LogP contribution in [-0.2, 0) is 9.53 Å². The Kier molecular flexibility index (Phi) is 5.87. The standard InChI is InChI=1S/C17H15BrFNO3/c1-11(12-5-3-2-4-6-12)20-16(21)10-23-17(22)14-8-7-13(18)9-15(14)19/h2-9,11H,10H2,1H3,(H,20,21)/t11-/m1/s1. The second-order valence-electron chi connectivity index (χ2n) is 4.90. The van der Waals surface area contributed by atoms with Gasteiger partial charge in [0.2, 0.25) is 0 Å². The van der Waals surface area contributed by atoms with Crippen LogP contribution in [0.4, 0.5) is 4.39 Å². The van der Waals surface area contributed by atoms with E-state index in [-0.39, 0.29) is 11.6 Å². The predicted molar refractivity (Wildman–Crippen MR) is 87.4 cm³/mol. The lowest BCUT2D eigenvalue weighted by Crippen LogP contribution is -2.31. The van der Waals surface area contributed by atoms with Crippen molar-refractivity contribution in [3.63, 3.8) is 0 Å². The Morgan fingerprint density at radius 3 is 2.57 bits per heavy atom. The number of nitrogens with one attached hydrogen (secondary N) is 1. The number of hydrogen-bond donors (Lipinski definition) is 1. The molecule has 2 aromatic rings. The van der Waals surface area contributed by atoms with Crippen molar-refractivity contribution in [2.45, 2.75) is 13.0 Å². The first-order valence-corrected chi connectivity index (χ1v) is 7.73. The Morgan fingerprint density at radius 1 is 1.22 bits per heavy atom. The highest BCUT2D eigenvalue weighted by Gasteiger charge is 2.16. The van der Waals surface area contributed by atoms with Gasteiger partial charge in [-0.1, -0.05) is 46.3 Å². The summed E-state index contributed by atoms with van der Waals surface area (Å²) in [6.07, 6.45) is 0. The van der Waals surface area contributed by atoms with E-state index >= 15 is 0 Å². The smallest absolute Gasteiger partial charge is 0.341 e. The summed E-state index contributed by atoms with van der Waals surface area (Å²) in [5, 5.41) is 2.71. The number of amides is 1. The van der Waals surface area contributed by atoms with E-state index in [0.29, 0.717) is 4.47 Å². The first-order chi connectivity index (χ1) is 11.0. The van der Waals surface area contributed by atoms with Crippen LogP contribution in [-0.4, -0.2) is 18.5 Å². The van der Waals surface area contributed by atoms with E-state index in [2.05, 4.69) is 21.2 Å². The van der Waals surface area contributed by atoms with Crippen LogP contribution in [0.1, 0.15) is 28.9 Å². The summed E-state index contributed by atoms with van der Waals surface area (Å²) in [5.74, 6) is -2.04. The number of carbonyl (C=O) groups excluding carboxylic acids is 2. The summed E-state index contributed by atoms with van der Waals surface area (Å²) in [6, 6.07) is 13.2. The molecule has 0 aliphatic rings. The molecule has 1 amide bonds. The SMILES string of the molecule is C[C@@H](NC(=O)COC(=O)c1ccc(Br)cc1F)c1ccccc1. The van der Waals surface area contributed by atoms with Crippen LogP contribution in [0.25, 0.3) is 0 Å². The summed E-state index contributed by atoms with van der Waals surface area (Å²) in [4.78, 5) is 23.6. The van der Waals surface area contributed by atoms with E-state index in [0.717, 1.165) is 11.6 Å². The molecular formula is C17H15BrFNO3. The Bertz CT molecular complexity index is 706. The third-order valence-corrected chi connectivity index (χ3v) is 3.66. The van der Waals surface area contributed by atoms with Gasteiger partial charge < -0.3 is 10.1 Å². The molecule has 120 valence electrons. The number of hydrogen-bond acceptors (Lipinski definition) is 3. The maximum Gasteiger partial charge on any atom is 0.341 e. The van der Waals surface area contributed by atoms with Gasteiger partial charge in [-0.3, -0.25) is 4.79 Å². The van der Waals surface area contributed by atoms with E-state index in [1.165, 1.54) is 12.1 Å². The number of ether oxygens (including phenoxy) is 1. The summed E-state index contributed by atoms with van der Waals surface area (Å²) in [7, 11) is 0. The Morgan fingerprint density at radius 2 is 1.91 bits per heavy atom. The molecular weight excluding hydrogens is 365 g/mol. The van der Waals surface area contributed by atoms with Crippen molar-refractivity contribution in [1.82, 2.24) is 5.32 Å². The summed E-state index contributed by atoms with van der Waals surface area (Å²) < 4.78 is 19.0. The molecule has 0 fully saturated rings. The van der Waals surface area contributed by atoms with Crippen LogP contribution in [0.3, 0.4) is 0 Å². The number of carbonyl (C=O) groups is 2. The number of benzene rings is 2. The highest BCUT2D eigenvalue weighted by molar-refractivity contribution is 9.10. The van der Waals surface area contributed by atoms with Gasteiger partial charge >= 0.3 is 5.97 Å². The van der Waals surface area contributed by atoms with Crippen LogP contribution < -0.4 is 5.32 Å². The first kappa shape index (κ1) is 17.1. The van der Waals surface area contributed by atoms with Crippen molar-refractivity contribution in [2.75, 3.05) is 6.61 Å². The van der Waals surface area contributed by atoms with Gasteiger partial charge in [0.05, 0.1) is 11.6 Å². The largest absolute Gasteiger partial charge is 0.452 e. The molecule has 6 heteroatoms. The molecule has 0 saturated heterocycles. The van der Waals surface area contributed by atoms with Gasteiger partial charge in [0.15, 0.2) is 6.61 Å². The molecule has 0 saturated carbocycles. The minimum atomic E-state index is -0.877. The number of halogens is 2. The highest BCUT2D eigenvalue weighted by atomic mass is 79.9. The van der Waals surface area contributed by atoms with Crippen molar-refractivity contribution < 1.29 is 18.7 Å². The lowest BCUT2D eigenvalue weighted by Gasteiger charge is -2.14. The van der Waals surface area contributed by atoms with E-state index in [9.17, 15) is 14.0 Å². The fourth-order valence-electron chi connectivity index (χ4n) is 1.97. The van der Waals surface area contributed by atoms with Crippen LogP contribution in [0.5, 0.6) is 0 Å². The molecule has 0 heterocycles. The minimum absolute atomic E-state index is 0.211. The van der Waals surface area contributed by atoms with Crippen molar-refractivity contribution in [1.29, 1.82) is 0 Å². The second-order valence-corrected chi connectivity index (χ2v) is 5.82. The molecule has 0 aromatic heterocycles. The van der Waals surface area contributed by atoms with E-state index in [1.807, 2.05) is 37.3 Å². The molecule has 0 aliphatic heterocycles. The van der Waals surface area contributed by atoms with E-state index < -0.39 is 24.3 Å². The maximum absolute atomic E-state index is 13.6.